The molecule has 0 aliphatic rings. The van der Waals surface area contributed by atoms with Gasteiger partial charge in [-0.2, -0.15) is 0 Å². The van der Waals surface area contributed by atoms with E-state index in [4.69, 9.17) is 4.74 Å². The fraction of sp³-hybridized carbons (Fsp3) is 0.214. The third kappa shape index (κ3) is 2.38. The number of pyridine rings is 1. The van der Waals surface area contributed by atoms with Crippen molar-refractivity contribution in [3.05, 3.63) is 51.8 Å². The highest BCUT2D eigenvalue weighted by atomic mass is 16.5. The molecule has 1 N–H and O–H groups in total. The average molecular weight is 229 g/mol. The van der Waals surface area contributed by atoms with Gasteiger partial charge in [0.05, 0.1) is 7.11 Å². The Balaban J connectivity index is 2.56. The SMILES string of the molecule is COc1ccc(-c2cc(=O)cc(C)[nH]2)c(C)c1. The van der Waals surface area contributed by atoms with E-state index < -0.39 is 0 Å². The Kier molecular flexibility index (Phi) is 3.00. The molecule has 0 saturated carbocycles. The number of benzene rings is 1. The zero-order valence-corrected chi connectivity index (χ0v) is 10.2. The van der Waals surface area contributed by atoms with Crippen LogP contribution in [0, 0.1) is 13.8 Å². The van der Waals surface area contributed by atoms with Gasteiger partial charge in [0.2, 0.25) is 0 Å². The molecule has 0 aliphatic heterocycles. The first-order valence-electron chi connectivity index (χ1n) is 5.46. The Labute approximate surface area is 100 Å². The highest BCUT2D eigenvalue weighted by Crippen LogP contribution is 2.24. The smallest absolute Gasteiger partial charge is 0.182 e. The van der Waals surface area contributed by atoms with E-state index in [1.165, 1.54) is 0 Å². The minimum atomic E-state index is 0.0199. The summed E-state index contributed by atoms with van der Waals surface area (Å²) in [5.74, 6) is 0.821. The van der Waals surface area contributed by atoms with Crippen LogP contribution in [0.3, 0.4) is 0 Å². The summed E-state index contributed by atoms with van der Waals surface area (Å²) in [6.07, 6.45) is 0. The number of hydrogen-bond donors (Lipinski definition) is 1. The van der Waals surface area contributed by atoms with Crippen LogP contribution in [-0.2, 0) is 0 Å². The summed E-state index contributed by atoms with van der Waals surface area (Å²) in [6, 6.07) is 9.00. The normalized spacial score (nSPS) is 10.3. The van der Waals surface area contributed by atoms with Crippen molar-refractivity contribution in [2.45, 2.75) is 13.8 Å². The van der Waals surface area contributed by atoms with Gasteiger partial charge in [-0.3, -0.25) is 4.79 Å². The molecule has 0 aliphatic carbocycles. The van der Waals surface area contributed by atoms with E-state index in [9.17, 15) is 4.79 Å². The molecule has 0 unspecified atom stereocenters. The first kappa shape index (κ1) is 11.5. The Morgan fingerprint density at radius 3 is 2.47 bits per heavy atom. The molecule has 0 atom stereocenters. The van der Waals surface area contributed by atoms with E-state index in [1.54, 1.807) is 19.2 Å². The van der Waals surface area contributed by atoms with Gasteiger partial charge in [0.15, 0.2) is 5.43 Å². The van der Waals surface area contributed by atoms with Crippen molar-refractivity contribution in [3.63, 3.8) is 0 Å². The monoisotopic (exact) mass is 229 g/mol. The van der Waals surface area contributed by atoms with Crippen LogP contribution < -0.4 is 10.2 Å². The van der Waals surface area contributed by atoms with E-state index in [0.29, 0.717) is 0 Å². The summed E-state index contributed by atoms with van der Waals surface area (Å²) in [6.45, 7) is 3.88. The highest BCUT2D eigenvalue weighted by Gasteiger charge is 2.05. The van der Waals surface area contributed by atoms with E-state index in [2.05, 4.69) is 4.98 Å². The molecule has 17 heavy (non-hydrogen) atoms. The van der Waals surface area contributed by atoms with Gasteiger partial charge in [0, 0.05) is 29.1 Å². The first-order chi connectivity index (χ1) is 8.10. The largest absolute Gasteiger partial charge is 0.497 e. The fourth-order valence-corrected chi connectivity index (χ4v) is 1.89. The second-order valence-electron chi connectivity index (χ2n) is 4.09. The Morgan fingerprint density at radius 1 is 1.12 bits per heavy atom. The molecule has 1 aromatic carbocycles. The topological polar surface area (TPSA) is 42.1 Å². The number of hydrogen-bond acceptors (Lipinski definition) is 2. The van der Waals surface area contributed by atoms with Crippen molar-refractivity contribution >= 4 is 0 Å². The average Bonchev–Trinajstić information content (AvgIpc) is 2.27. The lowest BCUT2D eigenvalue weighted by Gasteiger charge is -2.08. The fourth-order valence-electron chi connectivity index (χ4n) is 1.89. The molecule has 1 aromatic heterocycles. The zero-order chi connectivity index (χ0) is 12.4. The quantitative estimate of drug-likeness (QED) is 0.860. The number of H-pyrrole nitrogens is 1. The van der Waals surface area contributed by atoms with Crippen LogP contribution in [-0.4, -0.2) is 12.1 Å². The molecule has 0 saturated heterocycles. The van der Waals surface area contributed by atoms with Crippen molar-refractivity contribution in [2.75, 3.05) is 7.11 Å². The van der Waals surface area contributed by atoms with Gasteiger partial charge in [0.25, 0.3) is 0 Å². The van der Waals surface area contributed by atoms with E-state index >= 15 is 0 Å². The number of aromatic amines is 1. The number of ether oxygens (including phenoxy) is 1. The Morgan fingerprint density at radius 2 is 1.88 bits per heavy atom. The third-order valence-corrected chi connectivity index (χ3v) is 2.70. The lowest BCUT2D eigenvalue weighted by atomic mass is 10.0. The minimum absolute atomic E-state index is 0.0199. The van der Waals surface area contributed by atoms with Crippen molar-refractivity contribution in [2.24, 2.45) is 0 Å². The lowest BCUT2D eigenvalue weighted by molar-refractivity contribution is 0.414. The van der Waals surface area contributed by atoms with Crippen LogP contribution in [0.1, 0.15) is 11.3 Å². The summed E-state index contributed by atoms with van der Waals surface area (Å²) < 4.78 is 5.16. The predicted octanol–water partition coefficient (Wildman–Crippen LogP) is 2.67. The number of nitrogens with one attached hydrogen (secondary N) is 1. The minimum Gasteiger partial charge on any atom is -0.497 e. The molecule has 3 heteroatoms. The number of rotatable bonds is 2. The molecule has 0 spiro atoms. The van der Waals surface area contributed by atoms with Crippen molar-refractivity contribution in [1.29, 1.82) is 0 Å². The molecule has 1 heterocycles. The van der Waals surface area contributed by atoms with Gasteiger partial charge >= 0.3 is 0 Å². The maximum absolute atomic E-state index is 11.5. The molecule has 3 nitrogen and oxygen atoms in total. The molecule has 0 amide bonds. The van der Waals surface area contributed by atoms with Gasteiger partial charge in [-0.1, -0.05) is 0 Å². The first-order valence-corrected chi connectivity index (χ1v) is 5.46. The molecule has 2 rings (SSSR count). The number of aromatic nitrogens is 1. The molecular formula is C14H15NO2. The van der Waals surface area contributed by atoms with E-state index in [-0.39, 0.29) is 5.43 Å². The second-order valence-corrected chi connectivity index (χ2v) is 4.09. The molecule has 0 radical (unpaired) electrons. The van der Waals surface area contributed by atoms with Crippen LogP contribution in [0.25, 0.3) is 11.3 Å². The maximum atomic E-state index is 11.5. The van der Waals surface area contributed by atoms with Gasteiger partial charge in [0.1, 0.15) is 5.75 Å². The molecular weight excluding hydrogens is 214 g/mol. The van der Waals surface area contributed by atoms with Crippen LogP contribution in [0.2, 0.25) is 0 Å². The summed E-state index contributed by atoms with van der Waals surface area (Å²) >= 11 is 0. The summed E-state index contributed by atoms with van der Waals surface area (Å²) in [7, 11) is 1.64. The number of methoxy groups -OCH3 is 1. The van der Waals surface area contributed by atoms with Crippen molar-refractivity contribution < 1.29 is 4.74 Å². The summed E-state index contributed by atoms with van der Waals surface area (Å²) in [5.41, 5.74) is 3.82. The highest BCUT2D eigenvalue weighted by molar-refractivity contribution is 5.64. The molecule has 2 aromatic rings. The number of aryl methyl sites for hydroxylation is 2. The standard InChI is InChI=1S/C14H15NO2/c1-9-6-12(17-3)4-5-13(9)14-8-11(16)7-10(2)15-14/h4-8H,1-3H3,(H,15,16). The molecule has 0 fully saturated rings. The summed E-state index contributed by atoms with van der Waals surface area (Å²) in [4.78, 5) is 14.7. The zero-order valence-electron chi connectivity index (χ0n) is 10.2. The lowest BCUT2D eigenvalue weighted by Crippen LogP contribution is -2.02. The Bertz CT molecular complexity index is 599. The van der Waals surface area contributed by atoms with E-state index in [1.807, 2.05) is 32.0 Å². The van der Waals surface area contributed by atoms with Crippen molar-refractivity contribution in [3.8, 4) is 17.0 Å². The predicted molar refractivity (Wildman–Crippen MR) is 68.5 cm³/mol. The van der Waals surface area contributed by atoms with Crippen molar-refractivity contribution in [1.82, 2.24) is 4.98 Å². The third-order valence-electron chi connectivity index (χ3n) is 2.70. The Hall–Kier alpha value is -2.03. The van der Waals surface area contributed by atoms with Gasteiger partial charge < -0.3 is 9.72 Å². The van der Waals surface area contributed by atoms with Crippen LogP contribution in [0.4, 0.5) is 0 Å². The van der Waals surface area contributed by atoms with Gasteiger partial charge in [-0.05, 0) is 37.6 Å². The van der Waals surface area contributed by atoms with Crippen LogP contribution in [0.5, 0.6) is 5.75 Å². The summed E-state index contributed by atoms with van der Waals surface area (Å²) in [5, 5.41) is 0. The molecule has 88 valence electrons. The van der Waals surface area contributed by atoms with Gasteiger partial charge in [-0.25, -0.2) is 0 Å². The molecule has 0 bridgehead atoms. The maximum Gasteiger partial charge on any atom is 0.182 e. The second kappa shape index (κ2) is 4.45. The van der Waals surface area contributed by atoms with Crippen LogP contribution >= 0.6 is 0 Å². The van der Waals surface area contributed by atoms with Crippen LogP contribution in [0.15, 0.2) is 35.1 Å². The van der Waals surface area contributed by atoms with Gasteiger partial charge in [-0.15, -0.1) is 0 Å². The van der Waals surface area contributed by atoms with E-state index in [0.717, 1.165) is 28.3 Å².